The second-order valence-corrected chi connectivity index (χ2v) is 7.18. The van der Waals surface area contributed by atoms with E-state index in [4.69, 9.17) is 0 Å². The van der Waals surface area contributed by atoms with Crippen LogP contribution in [0.25, 0.3) is 5.82 Å². The maximum atomic E-state index is 12.5. The Balaban J connectivity index is 2.18. The van der Waals surface area contributed by atoms with Crippen molar-refractivity contribution in [2.45, 2.75) is 46.1 Å². The molecule has 0 saturated carbocycles. The molecule has 0 bridgehead atoms. The number of carbonyl (C=O) groups excluding carboxylic acids is 2. The van der Waals surface area contributed by atoms with Crippen molar-refractivity contribution >= 4 is 11.8 Å². The van der Waals surface area contributed by atoms with Gasteiger partial charge in [0.05, 0.1) is 24.0 Å². The number of aromatic nitrogens is 3. The lowest BCUT2D eigenvalue weighted by molar-refractivity contribution is -0.121. The lowest BCUT2D eigenvalue weighted by atomic mass is 10.1. The summed E-state index contributed by atoms with van der Waals surface area (Å²) in [6, 6.07) is 5.52. The second-order valence-electron chi connectivity index (χ2n) is 7.18. The van der Waals surface area contributed by atoms with E-state index in [1.807, 2.05) is 52.8 Å². The lowest BCUT2D eigenvalue weighted by Crippen LogP contribution is -2.45. The number of hydrogen-bond acceptors (Lipinski definition) is 4. The molecule has 2 aromatic heterocycles. The Hall–Kier alpha value is -2.70. The summed E-state index contributed by atoms with van der Waals surface area (Å²) < 4.78 is 1.66. The van der Waals surface area contributed by atoms with Gasteiger partial charge in [0, 0.05) is 11.7 Å². The van der Waals surface area contributed by atoms with Crippen LogP contribution in [0.5, 0.6) is 0 Å². The average Bonchev–Trinajstić information content (AvgIpc) is 2.97. The van der Waals surface area contributed by atoms with Crippen molar-refractivity contribution in [1.29, 1.82) is 0 Å². The predicted octanol–water partition coefficient (Wildman–Crippen LogP) is 2.04. The molecule has 7 heteroatoms. The molecular formula is C18H25N5O2. The molecule has 0 aromatic carbocycles. The Bertz CT molecular complexity index is 745. The molecule has 2 N–H and O–H groups in total. The third kappa shape index (κ3) is 4.89. The molecule has 0 aliphatic heterocycles. The molecule has 0 aliphatic carbocycles. The van der Waals surface area contributed by atoms with E-state index in [0.717, 1.165) is 5.69 Å². The van der Waals surface area contributed by atoms with E-state index in [9.17, 15) is 9.59 Å². The van der Waals surface area contributed by atoms with Crippen LogP contribution in [0.15, 0.2) is 30.6 Å². The molecule has 2 heterocycles. The number of nitrogens with zero attached hydrogens (tertiary/aromatic N) is 3. The van der Waals surface area contributed by atoms with Gasteiger partial charge in [0.1, 0.15) is 0 Å². The van der Waals surface area contributed by atoms with Gasteiger partial charge in [-0.15, -0.1) is 0 Å². The summed E-state index contributed by atoms with van der Waals surface area (Å²) in [7, 11) is 0. The Morgan fingerprint density at radius 1 is 1.24 bits per heavy atom. The summed E-state index contributed by atoms with van der Waals surface area (Å²) >= 11 is 0. The zero-order chi connectivity index (χ0) is 18.6. The van der Waals surface area contributed by atoms with Crippen LogP contribution in [0.2, 0.25) is 0 Å². The van der Waals surface area contributed by atoms with Crippen LogP contribution in [0.3, 0.4) is 0 Å². The fourth-order valence-electron chi connectivity index (χ4n) is 2.47. The third-order valence-electron chi connectivity index (χ3n) is 3.39. The van der Waals surface area contributed by atoms with Gasteiger partial charge in [0.25, 0.3) is 5.91 Å². The maximum Gasteiger partial charge on any atom is 0.255 e. The molecule has 0 aliphatic rings. The van der Waals surface area contributed by atoms with Gasteiger partial charge in [-0.3, -0.25) is 9.59 Å². The quantitative estimate of drug-likeness (QED) is 0.869. The predicted molar refractivity (Wildman–Crippen MR) is 95.7 cm³/mol. The summed E-state index contributed by atoms with van der Waals surface area (Å²) in [5.41, 5.74) is 0.867. The first-order valence-corrected chi connectivity index (χ1v) is 8.27. The normalized spacial score (nSPS) is 11.4. The highest BCUT2D eigenvalue weighted by Gasteiger charge is 2.22. The van der Waals surface area contributed by atoms with Crippen LogP contribution in [-0.2, 0) is 4.79 Å². The minimum atomic E-state index is -0.339. The summed E-state index contributed by atoms with van der Waals surface area (Å²) in [5, 5.41) is 9.77. The molecule has 0 atom stereocenters. The van der Waals surface area contributed by atoms with Crippen molar-refractivity contribution in [2.75, 3.05) is 6.54 Å². The topological polar surface area (TPSA) is 88.9 Å². The van der Waals surface area contributed by atoms with Gasteiger partial charge < -0.3 is 10.6 Å². The van der Waals surface area contributed by atoms with Crippen molar-refractivity contribution in [3.63, 3.8) is 0 Å². The van der Waals surface area contributed by atoms with Crippen LogP contribution >= 0.6 is 0 Å². The minimum absolute atomic E-state index is 0.0636. The SMILES string of the molecule is CC(C)c1c(C(=O)NCC(=O)NC(C)(C)C)cnn1-c1ccccn1. The van der Waals surface area contributed by atoms with Gasteiger partial charge in [-0.25, -0.2) is 9.67 Å². The summed E-state index contributed by atoms with van der Waals surface area (Å²) in [6.45, 7) is 9.56. The van der Waals surface area contributed by atoms with Gasteiger partial charge in [-0.1, -0.05) is 19.9 Å². The Labute approximate surface area is 147 Å². The number of nitrogens with one attached hydrogen (secondary N) is 2. The molecule has 0 radical (unpaired) electrons. The number of hydrogen-bond donors (Lipinski definition) is 2. The zero-order valence-corrected chi connectivity index (χ0v) is 15.3. The maximum absolute atomic E-state index is 12.5. The highest BCUT2D eigenvalue weighted by Crippen LogP contribution is 2.22. The number of carbonyl (C=O) groups is 2. The molecular weight excluding hydrogens is 318 g/mol. The molecule has 0 saturated heterocycles. The summed E-state index contributed by atoms with van der Waals surface area (Å²) in [5.74, 6) is 0.156. The summed E-state index contributed by atoms with van der Waals surface area (Å²) in [4.78, 5) is 28.7. The van der Waals surface area contributed by atoms with E-state index in [0.29, 0.717) is 11.4 Å². The Morgan fingerprint density at radius 2 is 1.96 bits per heavy atom. The molecule has 25 heavy (non-hydrogen) atoms. The third-order valence-corrected chi connectivity index (χ3v) is 3.39. The van der Waals surface area contributed by atoms with E-state index >= 15 is 0 Å². The molecule has 7 nitrogen and oxygen atoms in total. The standard InChI is InChI=1S/C18H25N5O2/c1-12(2)16-13(10-21-23(16)14-8-6-7-9-19-14)17(25)20-11-15(24)22-18(3,4)5/h6-10,12H,11H2,1-5H3,(H,20,25)(H,22,24). The van der Waals surface area contributed by atoms with Crippen molar-refractivity contribution in [3.8, 4) is 5.82 Å². The lowest BCUT2D eigenvalue weighted by Gasteiger charge is -2.20. The van der Waals surface area contributed by atoms with Gasteiger partial charge in [-0.2, -0.15) is 5.10 Å². The largest absolute Gasteiger partial charge is 0.350 e. The Morgan fingerprint density at radius 3 is 2.52 bits per heavy atom. The number of amides is 2. The second kappa shape index (κ2) is 7.46. The average molecular weight is 343 g/mol. The van der Waals surface area contributed by atoms with Crippen molar-refractivity contribution in [1.82, 2.24) is 25.4 Å². The van der Waals surface area contributed by atoms with Gasteiger partial charge in [0.2, 0.25) is 5.91 Å². The molecule has 2 rings (SSSR count). The van der Waals surface area contributed by atoms with E-state index in [2.05, 4.69) is 20.7 Å². The van der Waals surface area contributed by atoms with Crippen molar-refractivity contribution in [3.05, 3.63) is 41.9 Å². The molecule has 0 spiro atoms. The van der Waals surface area contributed by atoms with E-state index in [-0.39, 0.29) is 29.8 Å². The molecule has 134 valence electrons. The van der Waals surface area contributed by atoms with Gasteiger partial charge in [-0.05, 0) is 38.8 Å². The Kier molecular flexibility index (Phi) is 5.56. The minimum Gasteiger partial charge on any atom is -0.350 e. The highest BCUT2D eigenvalue weighted by molar-refractivity contribution is 5.97. The van der Waals surface area contributed by atoms with Crippen LogP contribution in [0, 0.1) is 0 Å². The van der Waals surface area contributed by atoms with E-state index in [1.54, 1.807) is 10.9 Å². The molecule has 2 amide bonds. The highest BCUT2D eigenvalue weighted by atomic mass is 16.2. The van der Waals surface area contributed by atoms with Crippen LogP contribution in [0.4, 0.5) is 0 Å². The first kappa shape index (κ1) is 18.6. The fraction of sp³-hybridized carbons (Fsp3) is 0.444. The van der Waals surface area contributed by atoms with Gasteiger partial charge >= 0.3 is 0 Å². The monoisotopic (exact) mass is 343 g/mol. The van der Waals surface area contributed by atoms with Crippen LogP contribution < -0.4 is 10.6 Å². The first-order chi connectivity index (χ1) is 11.7. The van der Waals surface area contributed by atoms with Crippen molar-refractivity contribution in [2.24, 2.45) is 0 Å². The van der Waals surface area contributed by atoms with E-state index in [1.165, 1.54) is 6.20 Å². The number of pyridine rings is 1. The smallest absolute Gasteiger partial charge is 0.255 e. The molecule has 2 aromatic rings. The van der Waals surface area contributed by atoms with E-state index < -0.39 is 0 Å². The van der Waals surface area contributed by atoms with Crippen LogP contribution in [0.1, 0.15) is 56.6 Å². The van der Waals surface area contributed by atoms with Crippen LogP contribution in [-0.4, -0.2) is 38.7 Å². The van der Waals surface area contributed by atoms with Gasteiger partial charge in [0.15, 0.2) is 5.82 Å². The number of rotatable bonds is 5. The molecule has 0 unspecified atom stereocenters. The first-order valence-electron chi connectivity index (χ1n) is 8.27. The zero-order valence-electron chi connectivity index (χ0n) is 15.3. The summed E-state index contributed by atoms with van der Waals surface area (Å²) in [6.07, 6.45) is 3.19. The van der Waals surface area contributed by atoms with Crippen molar-refractivity contribution < 1.29 is 9.59 Å². The molecule has 0 fully saturated rings. The fourth-order valence-corrected chi connectivity index (χ4v) is 2.47.